The number of hydrogen-bond donors (Lipinski definition) is 1. The standard InChI is InChI=1S/C17H11Br2NO/c18-13-8-6-11-7-9-15(16(19)14(11)10-13)20-17(21)12-4-2-1-3-5-12/h1-10H,(H,20,21). The largest absolute Gasteiger partial charge is 0.321 e. The minimum Gasteiger partial charge on any atom is -0.321 e. The second kappa shape index (κ2) is 6.00. The number of carbonyl (C=O) groups is 1. The number of rotatable bonds is 2. The quantitative estimate of drug-likeness (QED) is 0.590. The Morgan fingerprint density at radius 2 is 1.62 bits per heavy atom. The first-order chi connectivity index (χ1) is 10.1. The summed E-state index contributed by atoms with van der Waals surface area (Å²) in [7, 11) is 0. The van der Waals surface area contributed by atoms with Crippen molar-refractivity contribution >= 4 is 54.2 Å². The van der Waals surface area contributed by atoms with E-state index < -0.39 is 0 Å². The van der Waals surface area contributed by atoms with Gasteiger partial charge in [-0.2, -0.15) is 0 Å². The van der Waals surface area contributed by atoms with Crippen molar-refractivity contribution < 1.29 is 4.79 Å². The molecule has 4 heteroatoms. The summed E-state index contributed by atoms with van der Waals surface area (Å²) in [6, 6.07) is 19.1. The first-order valence-electron chi connectivity index (χ1n) is 6.39. The number of halogens is 2. The molecule has 0 fully saturated rings. The van der Waals surface area contributed by atoms with Crippen LogP contribution in [-0.2, 0) is 0 Å². The van der Waals surface area contributed by atoms with Gasteiger partial charge in [0.05, 0.1) is 5.69 Å². The molecule has 0 heterocycles. The third-order valence-electron chi connectivity index (χ3n) is 3.20. The third-order valence-corrected chi connectivity index (χ3v) is 4.55. The third kappa shape index (κ3) is 3.01. The topological polar surface area (TPSA) is 29.1 Å². The molecule has 0 spiro atoms. The predicted molar refractivity (Wildman–Crippen MR) is 93.7 cm³/mol. The van der Waals surface area contributed by atoms with Crippen LogP contribution in [0.5, 0.6) is 0 Å². The Kier molecular flexibility index (Phi) is 4.08. The van der Waals surface area contributed by atoms with E-state index in [-0.39, 0.29) is 5.91 Å². The maximum absolute atomic E-state index is 12.2. The van der Waals surface area contributed by atoms with Crippen molar-refractivity contribution in [2.24, 2.45) is 0 Å². The van der Waals surface area contributed by atoms with Crippen LogP contribution in [0.2, 0.25) is 0 Å². The Morgan fingerprint density at radius 3 is 2.38 bits per heavy atom. The molecular formula is C17H11Br2NO. The van der Waals surface area contributed by atoms with Gasteiger partial charge in [0, 0.05) is 14.5 Å². The average molecular weight is 405 g/mol. The van der Waals surface area contributed by atoms with Gasteiger partial charge < -0.3 is 5.32 Å². The normalized spacial score (nSPS) is 10.6. The minimum atomic E-state index is -0.120. The summed E-state index contributed by atoms with van der Waals surface area (Å²) in [5, 5.41) is 5.10. The second-order valence-electron chi connectivity index (χ2n) is 4.61. The molecule has 0 aromatic heterocycles. The molecule has 0 radical (unpaired) electrons. The monoisotopic (exact) mass is 403 g/mol. The number of benzene rings is 3. The lowest BCUT2D eigenvalue weighted by atomic mass is 10.1. The highest BCUT2D eigenvalue weighted by atomic mass is 79.9. The zero-order valence-electron chi connectivity index (χ0n) is 10.9. The number of anilines is 1. The van der Waals surface area contributed by atoms with Crippen LogP contribution in [0.25, 0.3) is 10.8 Å². The molecule has 0 bridgehead atoms. The summed E-state index contributed by atoms with van der Waals surface area (Å²) in [5.41, 5.74) is 1.40. The summed E-state index contributed by atoms with van der Waals surface area (Å²) >= 11 is 7.05. The first-order valence-corrected chi connectivity index (χ1v) is 7.98. The fourth-order valence-corrected chi connectivity index (χ4v) is 3.07. The van der Waals surface area contributed by atoms with Crippen LogP contribution in [0.4, 0.5) is 5.69 Å². The molecule has 2 nitrogen and oxygen atoms in total. The zero-order chi connectivity index (χ0) is 14.8. The average Bonchev–Trinajstić information content (AvgIpc) is 2.51. The highest BCUT2D eigenvalue weighted by molar-refractivity contribution is 9.11. The molecule has 0 atom stereocenters. The molecule has 0 saturated heterocycles. The number of nitrogens with one attached hydrogen (secondary N) is 1. The van der Waals surface area contributed by atoms with E-state index in [1.807, 2.05) is 48.5 Å². The Labute approximate surface area is 139 Å². The van der Waals surface area contributed by atoms with Gasteiger partial charge in [0.25, 0.3) is 5.91 Å². The Hall–Kier alpha value is -1.65. The molecule has 21 heavy (non-hydrogen) atoms. The minimum absolute atomic E-state index is 0.120. The van der Waals surface area contributed by atoms with E-state index in [1.54, 1.807) is 12.1 Å². The van der Waals surface area contributed by atoms with E-state index in [2.05, 4.69) is 37.2 Å². The summed E-state index contributed by atoms with van der Waals surface area (Å²) in [6.45, 7) is 0. The van der Waals surface area contributed by atoms with Crippen molar-refractivity contribution in [2.75, 3.05) is 5.32 Å². The molecule has 0 saturated carbocycles. The summed E-state index contributed by atoms with van der Waals surface area (Å²) in [5.74, 6) is -0.120. The lowest BCUT2D eigenvalue weighted by molar-refractivity contribution is 0.102. The van der Waals surface area contributed by atoms with Crippen LogP contribution < -0.4 is 5.32 Å². The van der Waals surface area contributed by atoms with Gasteiger partial charge in [-0.25, -0.2) is 0 Å². The summed E-state index contributed by atoms with van der Waals surface area (Å²) in [6.07, 6.45) is 0. The molecule has 104 valence electrons. The molecule has 3 aromatic carbocycles. The van der Waals surface area contributed by atoms with Crippen molar-refractivity contribution in [1.29, 1.82) is 0 Å². The highest BCUT2D eigenvalue weighted by Gasteiger charge is 2.10. The van der Waals surface area contributed by atoms with Crippen molar-refractivity contribution in [3.63, 3.8) is 0 Å². The van der Waals surface area contributed by atoms with E-state index in [1.165, 1.54) is 0 Å². The van der Waals surface area contributed by atoms with Gasteiger partial charge in [-0.05, 0) is 57.0 Å². The van der Waals surface area contributed by atoms with Crippen molar-refractivity contribution in [2.45, 2.75) is 0 Å². The van der Waals surface area contributed by atoms with Gasteiger partial charge in [-0.15, -0.1) is 0 Å². The van der Waals surface area contributed by atoms with Crippen LogP contribution in [0.3, 0.4) is 0 Å². The lowest BCUT2D eigenvalue weighted by Crippen LogP contribution is -2.12. The molecule has 3 aromatic rings. The highest BCUT2D eigenvalue weighted by Crippen LogP contribution is 2.33. The van der Waals surface area contributed by atoms with Crippen molar-refractivity contribution in [3.05, 3.63) is 75.2 Å². The zero-order valence-corrected chi connectivity index (χ0v) is 14.1. The number of fused-ring (bicyclic) bond motifs is 1. The van der Waals surface area contributed by atoms with E-state index in [9.17, 15) is 4.79 Å². The SMILES string of the molecule is O=C(Nc1ccc2ccc(Br)cc2c1Br)c1ccccc1. The van der Waals surface area contributed by atoms with Crippen LogP contribution in [0.1, 0.15) is 10.4 Å². The molecule has 0 aliphatic carbocycles. The van der Waals surface area contributed by atoms with Gasteiger partial charge >= 0.3 is 0 Å². The van der Waals surface area contributed by atoms with E-state index >= 15 is 0 Å². The van der Waals surface area contributed by atoms with E-state index in [4.69, 9.17) is 0 Å². The smallest absolute Gasteiger partial charge is 0.255 e. The lowest BCUT2D eigenvalue weighted by Gasteiger charge is -2.10. The van der Waals surface area contributed by atoms with E-state index in [0.29, 0.717) is 5.56 Å². The van der Waals surface area contributed by atoms with Gasteiger partial charge in [0.2, 0.25) is 0 Å². The number of carbonyl (C=O) groups excluding carboxylic acids is 1. The Balaban J connectivity index is 1.98. The molecule has 0 aliphatic heterocycles. The Morgan fingerprint density at radius 1 is 0.905 bits per heavy atom. The molecule has 1 amide bonds. The molecule has 1 N–H and O–H groups in total. The molecular weight excluding hydrogens is 394 g/mol. The van der Waals surface area contributed by atoms with Gasteiger partial charge in [-0.3, -0.25) is 4.79 Å². The fourth-order valence-electron chi connectivity index (χ4n) is 2.14. The van der Waals surface area contributed by atoms with Gasteiger partial charge in [0.1, 0.15) is 0 Å². The van der Waals surface area contributed by atoms with Gasteiger partial charge in [0.15, 0.2) is 0 Å². The number of amides is 1. The van der Waals surface area contributed by atoms with Crippen LogP contribution >= 0.6 is 31.9 Å². The van der Waals surface area contributed by atoms with Gasteiger partial charge in [-0.1, -0.05) is 46.3 Å². The van der Waals surface area contributed by atoms with E-state index in [0.717, 1.165) is 25.4 Å². The molecule has 3 rings (SSSR count). The summed E-state index contributed by atoms with van der Waals surface area (Å²) < 4.78 is 1.88. The first kappa shape index (κ1) is 14.3. The fraction of sp³-hybridized carbons (Fsp3) is 0. The molecule has 0 unspecified atom stereocenters. The van der Waals surface area contributed by atoms with Crippen LogP contribution in [0, 0.1) is 0 Å². The van der Waals surface area contributed by atoms with Crippen molar-refractivity contribution in [3.8, 4) is 0 Å². The van der Waals surface area contributed by atoms with Crippen molar-refractivity contribution in [1.82, 2.24) is 0 Å². The second-order valence-corrected chi connectivity index (χ2v) is 6.32. The number of hydrogen-bond acceptors (Lipinski definition) is 1. The summed E-state index contributed by atoms with van der Waals surface area (Å²) in [4.78, 5) is 12.2. The Bertz CT molecular complexity index is 816. The van der Waals surface area contributed by atoms with Crippen LogP contribution in [0.15, 0.2) is 69.6 Å². The van der Waals surface area contributed by atoms with Crippen LogP contribution in [-0.4, -0.2) is 5.91 Å². The maximum atomic E-state index is 12.2. The predicted octanol–water partition coefficient (Wildman–Crippen LogP) is 5.62. The maximum Gasteiger partial charge on any atom is 0.255 e. The molecule has 0 aliphatic rings.